The Bertz CT molecular complexity index is 1230. The summed E-state index contributed by atoms with van der Waals surface area (Å²) in [5.74, 6) is 0.471. The van der Waals surface area contributed by atoms with Gasteiger partial charge in [-0.1, -0.05) is 12.1 Å². The summed E-state index contributed by atoms with van der Waals surface area (Å²) in [6.45, 7) is 1.76. The van der Waals surface area contributed by atoms with E-state index in [0.29, 0.717) is 22.9 Å². The first-order valence-corrected chi connectivity index (χ1v) is 9.13. The number of amides is 1. The molecule has 0 radical (unpaired) electrons. The molecule has 0 atom stereocenters. The smallest absolute Gasteiger partial charge is 0.269 e. The van der Waals surface area contributed by atoms with Gasteiger partial charge in [0.05, 0.1) is 4.92 Å². The van der Waals surface area contributed by atoms with Crippen molar-refractivity contribution in [3.8, 4) is 17.2 Å². The lowest BCUT2D eigenvalue weighted by Gasteiger charge is -2.08. The standard InChI is InChI=1S/C22H17N3O5/c1-14-5-10-20-19(11-14)24-22(30-20)15-3-2-4-16(12-15)23-21(26)13-29-18-8-6-17(7-9-18)25(27)28/h2-12H,13H2,1H3,(H,23,26). The molecule has 0 unspecified atom stereocenters. The fourth-order valence-electron chi connectivity index (χ4n) is 2.90. The molecule has 4 rings (SSSR count). The largest absolute Gasteiger partial charge is 0.484 e. The summed E-state index contributed by atoms with van der Waals surface area (Å²) in [7, 11) is 0. The first-order chi connectivity index (χ1) is 14.5. The Morgan fingerprint density at radius 1 is 1.13 bits per heavy atom. The Hall–Kier alpha value is -4.20. The number of anilines is 1. The number of aryl methyl sites for hydroxylation is 1. The van der Waals surface area contributed by atoms with Crippen LogP contribution >= 0.6 is 0 Å². The zero-order valence-electron chi connectivity index (χ0n) is 16.0. The van der Waals surface area contributed by atoms with Crippen LogP contribution in [-0.2, 0) is 4.79 Å². The van der Waals surface area contributed by atoms with E-state index in [-0.39, 0.29) is 18.2 Å². The number of aromatic nitrogens is 1. The number of hydrogen-bond donors (Lipinski definition) is 1. The normalized spacial score (nSPS) is 10.7. The van der Waals surface area contributed by atoms with Crippen LogP contribution in [0.1, 0.15) is 5.56 Å². The first-order valence-electron chi connectivity index (χ1n) is 9.13. The number of non-ortho nitro benzene ring substituents is 1. The van der Waals surface area contributed by atoms with Crippen molar-refractivity contribution in [3.05, 3.63) is 82.4 Å². The Balaban J connectivity index is 1.42. The predicted molar refractivity (Wildman–Crippen MR) is 111 cm³/mol. The van der Waals surface area contributed by atoms with Gasteiger partial charge in [0.1, 0.15) is 11.3 Å². The van der Waals surface area contributed by atoms with Crippen molar-refractivity contribution in [2.45, 2.75) is 6.92 Å². The highest BCUT2D eigenvalue weighted by Crippen LogP contribution is 2.26. The number of nitrogens with one attached hydrogen (secondary N) is 1. The molecule has 30 heavy (non-hydrogen) atoms. The maximum absolute atomic E-state index is 12.2. The molecule has 0 aliphatic carbocycles. The van der Waals surface area contributed by atoms with Crippen molar-refractivity contribution in [1.29, 1.82) is 0 Å². The van der Waals surface area contributed by atoms with Crippen LogP contribution in [0.2, 0.25) is 0 Å². The number of nitrogens with zero attached hydrogens (tertiary/aromatic N) is 2. The van der Waals surface area contributed by atoms with E-state index in [0.717, 1.165) is 16.6 Å². The van der Waals surface area contributed by atoms with E-state index in [1.54, 1.807) is 18.2 Å². The van der Waals surface area contributed by atoms with E-state index in [1.165, 1.54) is 24.3 Å². The minimum Gasteiger partial charge on any atom is -0.484 e. The van der Waals surface area contributed by atoms with Crippen LogP contribution < -0.4 is 10.1 Å². The SMILES string of the molecule is Cc1ccc2oc(-c3cccc(NC(=O)COc4ccc([N+](=O)[O-])cc4)c3)nc2c1. The van der Waals surface area contributed by atoms with Crippen molar-refractivity contribution in [1.82, 2.24) is 4.98 Å². The topological polar surface area (TPSA) is 108 Å². The van der Waals surface area contributed by atoms with Gasteiger partial charge in [-0.3, -0.25) is 14.9 Å². The lowest BCUT2D eigenvalue weighted by molar-refractivity contribution is -0.384. The first kappa shape index (κ1) is 19.1. The minimum absolute atomic E-state index is 0.0435. The molecule has 0 saturated carbocycles. The molecular weight excluding hydrogens is 386 g/mol. The second-order valence-electron chi connectivity index (χ2n) is 6.66. The number of hydrogen-bond acceptors (Lipinski definition) is 6. The maximum atomic E-state index is 12.2. The molecule has 1 heterocycles. The van der Waals surface area contributed by atoms with Crippen molar-refractivity contribution >= 4 is 28.4 Å². The molecule has 1 amide bonds. The van der Waals surface area contributed by atoms with E-state index in [1.807, 2.05) is 31.2 Å². The fraction of sp³-hybridized carbons (Fsp3) is 0.0909. The van der Waals surface area contributed by atoms with Crippen molar-refractivity contribution in [2.75, 3.05) is 11.9 Å². The van der Waals surface area contributed by atoms with Gasteiger partial charge in [0.25, 0.3) is 11.6 Å². The molecule has 8 heteroatoms. The summed E-state index contributed by atoms with van der Waals surface area (Å²) in [6, 6.07) is 18.5. The van der Waals surface area contributed by atoms with Gasteiger partial charge in [0.15, 0.2) is 12.2 Å². The number of carbonyl (C=O) groups is 1. The molecule has 150 valence electrons. The fourth-order valence-corrected chi connectivity index (χ4v) is 2.90. The van der Waals surface area contributed by atoms with Gasteiger partial charge in [0, 0.05) is 23.4 Å². The summed E-state index contributed by atoms with van der Waals surface area (Å²) >= 11 is 0. The molecule has 0 bridgehead atoms. The molecule has 4 aromatic rings. The number of carbonyl (C=O) groups excluding carboxylic acids is 1. The number of nitro groups is 1. The Morgan fingerprint density at radius 3 is 2.70 bits per heavy atom. The monoisotopic (exact) mass is 403 g/mol. The van der Waals surface area contributed by atoms with Crippen LogP contribution in [0.5, 0.6) is 5.75 Å². The van der Waals surface area contributed by atoms with Gasteiger partial charge in [-0.05, 0) is 55.0 Å². The predicted octanol–water partition coefficient (Wildman–Crippen LogP) is 4.73. The summed E-state index contributed by atoms with van der Waals surface area (Å²) in [4.78, 5) is 26.9. The van der Waals surface area contributed by atoms with Gasteiger partial charge in [-0.25, -0.2) is 4.98 Å². The second kappa shape index (κ2) is 8.04. The zero-order chi connectivity index (χ0) is 21.1. The third-order valence-corrected chi connectivity index (χ3v) is 4.35. The van der Waals surface area contributed by atoms with E-state index >= 15 is 0 Å². The molecule has 0 fully saturated rings. The van der Waals surface area contributed by atoms with Crippen molar-refractivity contribution in [3.63, 3.8) is 0 Å². The highest BCUT2D eigenvalue weighted by molar-refractivity contribution is 5.92. The highest BCUT2D eigenvalue weighted by Gasteiger charge is 2.11. The molecule has 1 N–H and O–H groups in total. The molecule has 0 saturated heterocycles. The van der Waals surface area contributed by atoms with Crippen LogP contribution in [0.4, 0.5) is 11.4 Å². The molecule has 8 nitrogen and oxygen atoms in total. The molecule has 1 aromatic heterocycles. The number of fused-ring (bicyclic) bond motifs is 1. The van der Waals surface area contributed by atoms with Crippen molar-refractivity contribution < 1.29 is 18.9 Å². The molecule has 0 spiro atoms. The number of ether oxygens (including phenoxy) is 1. The van der Waals surface area contributed by atoms with Crippen LogP contribution in [0.25, 0.3) is 22.6 Å². The van der Waals surface area contributed by atoms with Crippen molar-refractivity contribution in [2.24, 2.45) is 0 Å². The van der Waals surface area contributed by atoms with E-state index in [2.05, 4.69) is 10.3 Å². The average Bonchev–Trinajstić information content (AvgIpc) is 3.16. The Kier molecular flexibility index (Phi) is 5.13. The van der Waals surface area contributed by atoms with Gasteiger partial charge >= 0.3 is 0 Å². The second-order valence-corrected chi connectivity index (χ2v) is 6.66. The lowest BCUT2D eigenvalue weighted by atomic mass is 10.2. The average molecular weight is 403 g/mol. The number of nitro benzene ring substituents is 1. The van der Waals surface area contributed by atoms with Gasteiger partial charge < -0.3 is 14.5 Å². The molecular formula is C22H17N3O5. The van der Waals surface area contributed by atoms with Crippen LogP contribution in [0.15, 0.2) is 71.1 Å². The third-order valence-electron chi connectivity index (χ3n) is 4.35. The molecule has 0 aliphatic rings. The number of benzene rings is 3. The molecule has 3 aromatic carbocycles. The maximum Gasteiger partial charge on any atom is 0.269 e. The van der Waals surface area contributed by atoms with Crippen LogP contribution in [0, 0.1) is 17.0 Å². The summed E-state index contributed by atoms with van der Waals surface area (Å²) < 4.78 is 11.2. The van der Waals surface area contributed by atoms with Gasteiger partial charge in [-0.15, -0.1) is 0 Å². The van der Waals surface area contributed by atoms with Crippen LogP contribution in [0.3, 0.4) is 0 Å². The molecule has 0 aliphatic heterocycles. The van der Waals surface area contributed by atoms with Gasteiger partial charge in [0.2, 0.25) is 5.89 Å². The van der Waals surface area contributed by atoms with E-state index in [9.17, 15) is 14.9 Å². The third kappa shape index (κ3) is 4.27. The van der Waals surface area contributed by atoms with E-state index < -0.39 is 4.92 Å². The van der Waals surface area contributed by atoms with Crippen LogP contribution in [-0.4, -0.2) is 22.4 Å². The van der Waals surface area contributed by atoms with E-state index in [4.69, 9.17) is 9.15 Å². The quantitative estimate of drug-likeness (QED) is 0.368. The summed E-state index contributed by atoms with van der Waals surface area (Å²) in [6.07, 6.45) is 0. The highest BCUT2D eigenvalue weighted by atomic mass is 16.6. The zero-order valence-corrected chi connectivity index (χ0v) is 16.0. The number of rotatable bonds is 6. The number of oxazole rings is 1. The Labute approximate surface area is 171 Å². The van der Waals surface area contributed by atoms with Gasteiger partial charge in [-0.2, -0.15) is 0 Å². The minimum atomic E-state index is -0.499. The summed E-state index contributed by atoms with van der Waals surface area (Å²) in [5, 5.41) is 13.4. The lowest BCUT2D eigenvalue weighted by Crippen LogP contribution is -2.20. The Morgan fingerprint density at radius 2 is 1.93 bits per heavy atom. The summed E-state index contributed by atoms with van der Waals surface area (Å²) in [5.41, 5.74) is 3.83.